The van der Waals surface area contributed by atoms with Gasteiger partial charge in [0.2, 0.25) is 0 Å². The first-order valence-corrected chi connectivity index (χ1v) is 7.01. The number of amides is 2. The van der Waals surface area contributed by atoms with Gasteiger partial charge in [-0.3, -0.25) is 20.4 Å². The van der Waals surface area contributed by atoms with Crippen molar-refractivity contribution in [2.45, 2.75) is 0 Å². The molecule has 0 atom stereocenters. The zero-order valence-electron chi connectivity index (χ0n) is 12.6. The molecule has 0 unspecified atom stereocenters. The minimum absolute atomic E-state index is 0.218. The summed E-state index contributed by atoms with van der Waals surface area (Å²) < 4.78 is 10.1. The summed E-state index contributed by atoms with van der Waals surface area (Å²) in [5.74, 6) is -0.00643. The molecule has 6 nitrogen and oxygen atoms in total. The van der Waals surface area contributed by atoms with Crippen LogP contribution in [0.5, 0.6) is 11.5 Å². The second-order valence-electron chi connectivity index (χ2n) is 4.48. The maximum Gasteiger partial charge on any atom is 0.273 e. The Morgan fingerprint density at radius 2 is 1.57 bits per heavy atom. The molecule has 2 aromatic rings. The molecule has 2 N–H and O–H groups in total. The van der Waals surface area contributed by atoms with Crippen LogP contribution in [0, 0.1) is 0 Å². The highest BCUT2D eigenvalue weighted by Crippen LogP contribution is 2.22. The van der Waals surface area contributed by atoms with E-state index in [4.69, 9.17) is 21.1 Å². The van der Waals surface area contributed by atoms with E-state index in [9.17, 15) is 9.59 Å². The monoisotopic (exact) mass is 334 g/mol. The first-order chi connectivity index (χ1) is 11.0. The topological polar surface area (TPSA) is 76.7 Å². The Bertz CT molecular complexity index is 717. The molecule has 0 heterocycles. The van der Waals surface area contributed by atoms with Crippen LogP contribution < -0.4 is 20.3 Å². The molecule has 0 aliphatic heterocycles. The lowest BCUT2D eigenvalue weighted by atomic mass is 10.2. The van der Waals surface area contributed by atoms with Gasteiger partial charge in [-0.25, -0.2) is 0 Å². The fourth-order valence-electron chi connectivity index (χ4n) is 1.85. The number of carbonyl (C=O) groups excluding carboxylic acids is 2. The van der Waals surface area contributed by atoms with Crippen LogP contribution in [-0.2, 0) is 0 Å². The Morgan fingerprint density at radius 1 is 0.913 bits per heavy atom. The third kappa shape index (κ3) is 4.14. The molecule has 0 aromatic heterocycles. The lowest BCUT2D eigenvalue weighted by molar-refractivity contribution is 0.0845. The van der Waals surface area contributed by atoms with Gasteiger partial charge in [-0.2, -0.15) is 0 Å². The van der Waals surface area contributed by atoms with E-state index in [1.54, 1.807) is 36.4 Å². The van der Waals surface area contributed by atoms with Gasteiger partial charge in [0.25, 0.3) is 11.8 Å². The third-order valence-electron chi connectivity index (χ3n) is 3.05. The van der Waals surface area contributed by atoms with Crippen LogP contribution in [0.1, 0.15) is 20.7 Å². The van der Waals surface area contributed by atoms with E-state index in [1.165, 1.54) is 20.3 Å². The molecule has 0 aliphatic rings. The van der Waals surface area contributed by atoms with E-state index >= 15 is 0 Å². The fourth-order valence-corrected chi connectivity index (χ4v) is 2.03. The largest absolute Gasteiger partial charge is 0.497 e. The second-order valence-corrected chi connectivity index (χ2v) is 4.92. The van der Waals surface area contributed by atoms with Crippen molar-refractivity contribution in [3.63, 3.8) is 0 Å². The van der Waals surface area contributed by atoms with Crippen LogP contribution in [0.4, 0.5) is 0 Å². The predicted octanol–water partition coefficient (Wildman–Crippen LogP) is 2.43. The molecule has 7 heteroatoms. The van der Waals surface area contributed by atoms with Gasteiger partial charge in [0, 0.05) is 10.6 Å². The highest BCUT2D eigenvalue weighted by atomic mass is 35.5. The number of carbonyl (C=O) groups is 2. The number of methoxy groups -OCH3 is 2. The van der Waals surface area contributed by atoms with Gasteiger partial charge >= 0.3 is 0 Å². The molecular weight excluding hydrogens is 320 g/mol. The number of nitrogens with one attached hydrogen (secondary N) is 2. The molecule has 0 aliphatic carbocycles. The van der Waals surface area contributed by atoms with Gasteiger partial charge in [0.1, 0.15) is 11.5 Å². The van der Waals surface area contributed by atoms with E-state index in [1.807, 2.05) is 0 Å². The lowest BCUT2D eigenvalue weighted by Crippen LogP contribution is -2.41. The van der Waals surface area contributed by atoms with Crippen LogP contribution in [0.25, 0.3) is 0 Å². The maximum atomic E-state index is 12.1. The highest BCUT2D eigenvalue weighted by molar-refractivity contribution is 6.31. The van der Waals surface area contributed by atoms with Gasteiger partial charge < -0.3 is 9.47 Å². The molecule has 0 saturated carbocycles. The Balaban J connectivity index is 2.03. The summed E-state index contributed by atoms with van der Waals surface area (Å²) in [6.45, 7) is 0. The number of hydrogen-bond acceptors (Lipinski definition) is 4. The number of ether oxygens (including phenoxy) is 2. The SMILES string of the molecule is COc1ccc(C(=O)NNC(=O)c2cc(Cl)ccc2OC)cc1. The summed E-state index contributed by atoms with van der Waals surface area (Å²) >= 11 is 5.87. The highest BCUT2D eigenvalue weighted by Gasteiger charge is 2.14. The molecule has 0 radical (unpaired) electrons. The van der Waals surface area contributed by atoms with Gasteiger partial charge in [-0.1, -0.05) is 11.6 Å². The van der Waals surface area contributed by atoms with Crippen molar-refractivity contribution >= 4 is 23.4 Å². The third-order valence-corrected chi connectivity index (χ3v) is 3.28. The molecule has 2 amide bonds. The van der Waals surface area contributed by atoms with Crippen molar-refractivity contribution in [1.82, 2.24) is 10.9 Å². The van der Waals surface area contributed by atoms with E-state index in [0.29, 0.717) is 22.1 Å². The first-order valence-electron chi connectivity index (χ1n) is 6.63. The first kappa shape index (κ1) is 16.6. The zero-order chi connectivity index (χ0) is 16.8. The van der Waals surface area contributed by atoms with Crippen molar-refractivity contribution in [3.05, 3.63) is 58.6 Å². The van der Waals surface area contributed by atoms with Crippen LogP contribution in [0.3, 0.4) is 0 Å². The molecule has 2 rings (SSSR count). The van der Waals surface area contributed by atoms with Crippen LogP contribution in [-0.4, -0.2) is 26.0 Å². The summed E-state index contributed by atoms with van der Waals surface area (Å²) in [5.41, 5.74) is 5.24. The van der Waals surface area contributed by atoms with Crippen molar-refractivity contribution in [2.24, 2.45) is 0 Å². The average Bonchev–Trinajstić information content (AvgIpc) is 2.59. The normalized spacial score (nSPS) is 9.87. The summed E-state index contributed by atoms with van der Waals surface area (Å²) in [6, 6.07) is 11.1. The molecule has 0 fully saturated rings. The molecule has 0 saturated heterocycles. The number of hydrogen-bond donors (Lipinski definition) is 2. The van der Waals surface area contributed by atoms with Gasteiger partial charge in [0.15, 0.2) is 0 Å². The Morgan fingerprint density at radius 3 is 2.17 bits per heavy atom. The molecular formula is C16H15ClN2O4. The average molecular weight is 335 g/mol. The zero-order valence-corrected chi connectivity index (χ0v) is 13.3. The molecule has 2 aromatic carbocycles. The fraction of sp³-hybridized carbons (Fsp3) is 0.125. The quantitative estimate of drug-likeness (QED) is 0.842. The smallest absolute Gasteiger partial charge is 0.273 e. The Labute approximate surface area is 138 Å². The molecule has 0 bridgehead atoms. The van der Waals surface area contributed by atoms with E-state index in [-0.39, 0.29) is 5.56 Å². The number of hydrazine groups is 1. The molecule has 120 valence electrons. The standard InChI is InChI=1S/C16H15ClN2O4/c1-22-12-6-3-10(4-7-12)15(20)18-19-16(21)13-9-11(17)5-8-14(13)23-2/h3-9H,1-2H3,(H,18,20)(H,19,21). The van der Waals surface area contributed by atoms with Gasteiger partial charge in [-0.05, 0) is 42.5 Å². The Hall–Kier alpha value is -2.73. The lowest BCUT2D eigenvalue weighted by Gasteiger charge is -2.11. The van der Waals surface area contributed by atoms with Gasteiger partial charge in [-0.15, -0.1) is 0 Å². The van der Waals surface area contributed by atoms with Crippen LogP contribution in [0.15, 0.2) is 42.5 Å². The number of halogens is 1. The molecule has 0 spiro atoms. The maximum absolute atomic E-state index is 12.1. The van der Waals surface area contributed by atoms with Crippen molar-refractivity contribution in [3.8, 4) is 11.5 Å². The minimum Gasteiger partial charge on any atom is -0.497 e. The predicted molar refractivity (Wildman–Crippen MR) is 85.9 cm³/mol. The van der Waals surface area contributed by atoms with Crippen LogP contribution >= 0.6 is 11.6 Å². The Kier molecular flexibility index (Phi) is 5.43. The summed E-state index contributed by atoms with van der Waals surface area (Å²) in [6.07, 6.45) is 0. The summed E-state index contributed by atoms with van der Waals surface area (Å²) in [5, 5.41) is 0.387. The molecule has 23 heavy (non-hydrogen) atoms. The number of rotatable bonds is 4. The van der Waals surface area contributed by atoms with Crippen molar-refractivity contribution in [2.75, 3.05) is 14.2 Å². The van der Waals surface area contributed by atoms with E-state index in [2.05, 4.69) is 10.9 Å². The van der Waals surface area contributed by atoms with Gasteiger partial charge in [0.05, 0.1) is 19.8 Å². The second kappa shape index (κ2) is 7.51. The van der Waals surface area contributed by atoms with Crippen LogP contribution in [0.2, 0.25) is 5.02 Å². The minimum atomic E-state index is -0.536. The number of benzene rings is 2. The van der Waals surface area contributed by atoms with Crippen molar-refractivity contribution in [1.29, 1.82) is 0 Å². The summed E-state index contributed by atoms with van der Waals surface area (Å²) in [7, 11) is 2.98. The van der Waals surface area contributed by atoms with E-state index in [0.717, 1.165) is 0 Å². The summed E-state index contributed by atoms with van der Waals surface area (Å²) in [4.78, 5) is 24.1. The van der Waals surface area contributed by atoms with Crippen molar-refractivity contribution < 1.29 is 19.1 Å². The van der Waals surface area contributed by atoms with E-state index < -0.39 is 11.8 Å².